The zero-order chi connectivity index (χ0) is 18.5. The highest BCUT2D eigenvalue weighted by molar-refractivity contribution is 8.15. The molecule has 1 aliphatic heterocycles. The van der Waals surface area contributed by atoms with Crippen molar-refractivity contribution in [2.24, 2.45) is 4.99 Å². The minimum absolute atomic E-state index is 0.000370. The van der Waals surface area contributed by atoms with Gasteiger partial charge >= 0.3 is 0 Å². The summed E-state index contributed by atoms with van der Waals surface area (Å²) in [5, 5.41) is 5.12. The molecule has 1 atom stereocenters. The number of aromatic nitrogens is 2. The monoisotopic (exact) mass is 369 g/mol. The van der Waals surface area contributed by atoms with Gasteiger partial charge in [0.2, 0.25) is 11.8 Å². The van der Waals surface area contributed by atoms with Gasteiger partial charge in [-0.1, -0.05) is 11.8 Å². The first-order chi connectivity index (χ1) is 12.5. The predicted octanol–water partition coefficient (Wildman–Crippen LogP) is 1.93. The predicted molar refractivity (Wildman–Crippen MR) is 98.3 cm³/mol. The van der Waals surface area contributed by atoms with Crippen molar-refractivity contribution in [3.8, 4) is 0 Å². The normalized spacial score (nSPS) is 17.8. The van der Waals surface area contributed by atoms with E-state index >= 15 is 0 Å². The number of carbonyl (C=O) groups is 3. The van der Waals surface area contributed by atoms with Crippen LogP contribution in [0, 0.1) is 0 Å². The van der Waals surface area contributed by atoms with Crippen molar-refractivity contribution in [1.82, 2.24) is 15.3 Å². The van der Waals surface area contributed by atoms with Gasteiger partial charge in [0.05, 0.1) is 0 Å². The first kappa shape index (κ1) is 17.7. The van der Waals surface area contributed by atoms with Crippen molar-refractivity contribution in [3.63, 3.8) is 0 Å². The van der Waals surface area contributed by atoms with E-state index < -0.39 is 5.25 Å². The summed E-state index contributed by atoms with van der Waals surface area (Å²) in [7, 11) is 0. The number of nitrogens with one attached hydrogen (secondary N) is 2. The second kappa shape index (κ2) is 7.87. The minimum atomic E-state index is -0.575. The Labute approximate surface area is 153 Å². The maximum Gasteiger partial charge on any atom is 0.251 e. The van der Waals surface area contributed by atoms with Crippen LogP contribution in [0.4, 0.5) is 11.6 Å². The lowest BCUT2D eigenvalue weighted by Crippen LogP contribution is -2.28. The molecule has 2 aromatic rings. The number of rotatable bonds is 5. The van der Waals surface area contributed by atoms with Crippen LogP contribution in [0.2, 0.25) is 0 Å². The number of amides is 2. The number of carbonyl (C=O) groups excluding carboxylic acids is 3. The van der Waals surface area contributed by atoms with E-state index in [0.717, 1.165) is 11.8 Å². The second-order valence-electron chi connectivity index (χ2n) is 5.45. The fraction of sp³-hybridized carbons (Fsp3) is 0.176. The molecular weight excluding hydrogens is 354 g/mol. The van der Waals surface area contributed by atoms with E-state index in [0.29, 0.717) is 16.4 Å². The molecule has 1 fully saturated rings. The summed E-state index contributed by atoms with van der Waals surface area (Å²) in [6.07, 6.45) is 3.10. The molecule has 1 unspecified atom stereocenters. The summed E-state index contributed by atoms with van der Waals surface area (Å²) in [4.78, 5) is 47.5. The summed E-state index contributed by atoms with van der Waals surface area (Å²) < 4.78 is 0. The summed E-state index contributed by atoms with van der Waals surface area (Å²) >= 11 is 1.16. The number of ketones is 1. The fourth-order valence-electron chi connectivity index (χ4n) is 2.20. The number of benzene rings is 1. The number of thioether (sulfide) groups is 1. The minimum Gasteiger partial charge on any atom is -0.326 e. The lowest BCUT2D eigenvalue weighted by Gasteiger charge is -2.07. The van der Waals surface area contributed by atoms with E-state index in [9.17, 15) is 14.4 Å². The van der Waals surface area contributed by atoms with Crippen LogP contribution in [-0.4, -0.2) is 38.0 Å². The molecule has 1 aliphatic rings. The molecule has 0 saturated carbocycles. The molecule has 26 heavy (non-hydrogen) atoms. The Hall–Kier alpha value is -3.07. The van der Waals surface area contributed by atoms with Gasteiger partial charge in [0, 0.05) is 30.1 Å². The van der Waals surface area contributed by atoms with Crippen molar-refractivity contribution in [3.05, 3.63) is 48.3 Å². The lowest BCUT2D eigenvalue weighted by molar-refractivity contribution is -0.122. The fourth-order valence-corrected chi connectivity index (χ4v) is 3.16. The Balaban J connectivity index is 1.58. The number of aliphatic imine (C=N–C) groups is 1. The van der Waals surface area contributed by atoms with Gasteiger partial charge in [0.25, 0.3) is 5.95 Å². The van der Waals surface area contributed by atoms with Gasteiger partial charge in [0.15, 0.2) is 11.0 Å². The molecule has 0 radical (unpaired) electrons. The van der Waals surface area contributed by atoms with E-state index in [4.69, 9.17) is 0 Å². The van der Waals surface area contributed by atoms with Gasteiger partial charge in [-0.15, -0.1) is 0 Å². The molecule has 9 heteroatoms. The maximum atomic E-state index is 12.2. The van der Waals surface area contributed by atoms with E-state index in [1.54, 1.807) is 42.7 Å². The Bertz CT molecular complexity index is 868. The Morgan fingerprint density at radius 3 is 2.58 bits per heavy atom. The van der Waals surface area contributed by atoms with Crippen LogP contribution in [0.25, 0.3) is 0 Å². The highest BCUT2D eigenvalue weighted by Crippen LogP contribution is 2.24. The average Bonchev–Trinajstić information content (AvgIpc) is 2.95. The van der Waals surface area contributed by atoms with Crippen molar-refractivity contribution >= 4 is 46.2 Å². The smallest absolute Gasteiger partial charge is 0.251 e. The molecule has 1 saturated heterocycles. The topological polar surface area (TPSA) is 113 Å². The molecule has 2 heterocycles. The van der Waals surface area contributed by atoms with Gasteiger partial charge < -0.3 is 10.6 Å². The van der Waals surface area contributed by atoms with Crippen LogP contribution in [0.1, 0.15) is 23.7 Å². The van der Waals surface area contributed by atoms with Gasteiger partial charge in [-0.2, -0.15) is 4.99 Å². The maximum absolute atomic E-state index is 12.2. The molecule has 2 N–H and O–H groups in total. The van der Waals surface area contributed by atoms with Gasteiger partial charge in [-0.25, -0.2) is 9.97 Å². The van der Waals surface area contributed by atoms with Crippen LogP contribution in [0.3, 0.4) is 0 Å². The Morgan fingerprint density at radius 1 is 1.23 bits per heavy atom. The van der Waals surface area contributed by atoms with Crippen molar-refractivity contribution in [2.45, 2.75) is 18.6 Å². The second-order valence-corrected chi connectivity index (χ2v) is 6.64. The summed E-state index contributed by atoms with van der Waals surface area (Å²) in [5.74, 6) is -0.390. The summed E-state index contributed by atoms with van der Waals surface area (Å²) in [6, 6.07) is 8.24. The highest BCUT2D eigenvalue weighted by atomic mass is 32.2. The first-order valence-corrected chi connectivity index (χ1v) is 8.63. The quantitative estimate of drug-likeness (QED) is 0.779. The van der Waals surface area contributed by atoms with Gasteiger partial charge in [-0.05, 0) is 37.3 Å². The largest absolute Gasteiger partial charge is 0.326 e. The number of anilines is 1. The van der Waals surface area contributed by atoms with Gasteiger partial charge in [0.1, 0.15) is 5.25 Å². The van der Waals surface area contributed by atoms with Crippen LogP contribution >= 0.6 is 11.8 Å². The first-order valence-electron chi connectivity index (χ1n) is 7.75. The SMILES string of the molecule is CC(=O)c1ccc(NC(=O)CC2S/C(=N\c3ncccn3)NC2=O)cc1. The molecule has 3 rings (SSSR count). The van der Waals surface area contributed by atoms with Crippen LogP contribution in [0.5, 0.6) is 0 Å². The number of hydrogen-bond acceptors (Lipinski definition) is 7. The lowest BCUT2D eigenvalue weighted by atomic mass is 10.1. The Kier molecular flexibility index (Phi) is 5.37. The summed E-state index contributed by atoms with van der Waals surface area (Å²) in [5.41, 5.74) is 1.13. The van der Waals surface area contributed by atoms with Crippen LogP contribution in [0.15, 0.2) is 47.7 Å². The van der Waals surface area contributed by atoms with E-state index in [1.165, 1.54) is 6.92 Å². The molecule has 0 bridgehead atoms. The van der Waals surface area contributed by atoms with Crippen LogP contribution < -0.4 is 10.6 Å². The standard InChI is InChI=1S/C17H15N5O3S/c1-10(23)11-3-5-12(6-4-11)20-14(24)9-13-15(25)21-17(26-13)22-16-18-7-2-8-19-16/h2-8,13H,9H2,1H3,(H,20,24)(H,18,19,21,22,25). The van der Waals surface area contributed by atoms with Crippen molar-refractivity contribution in [2.75, 3.05) is 5.32 Å². The zero-order valence-electron chi connectivity index (χ0n) is 13.8. The van der Waals surface area contributed by atoms with Crippen molar-refractivity contribution < 1.29 is 14.4 Å². The third-order valence-electron chi connectivity index (χ3n) is 3.48. The van der Waals surface area contributed by atoms with Crippen molar-refractivity contribution in [1.29, 1.82) is 0 Å². The molecule has 8 nitrogen and oxygen atoms in total. The number of nitrogens with zero attached hydrogens (tertiary/aromatic N) is 3. The third-order valence-corrected chi connectivity index (χ3v) is 4.56. The Morgan fingerprint density at radius 2 is 1.92 bits per heavy atom. The molecule has 2 amide bonds. The zero-order valence-corrected chi connectivity index (χ0v) is 14.6. The van der Waals surface area contributed by atoms with Gasteiger partial charge in [-0.3, -0.25) is 14.4 Å². The molecular formula is C17H15N5O3S. The third kappa shape index (κ3) is 4.51. The number of Topliss-reactive ketones (excluding diaryl/α,β-unsaturated/α-hetero) is 1. The number of amidine groups is 1. The summed E-state index contributed by atoms with van der Waals surface area (Å²) in [6.45, 7) is 1.48. The van der Waals surface area contributed by atoms with E-state index in [2.05, 4.69) is 25.6 Å². The van der Waals surface area contributed by atoms with E-state index in [-0.39, 0.29) is 30.0 Å². The average molecular weight is 369 g/mol. The molecule has 0 aliphatic carbocycles. The van der Waals surface area contributed by atoms with Crippen LogP contribution in [-0.2, 0) is 9.59 Å². The number of hydrogen-bond donors (Lipinski definition) is 2. The molecule has 132 valence electrons. The highest BCUT2D eigenvalue weighted by Gasteiger charge is 2.32. The molecule has 1 aromatic carbocycles. The van der Waals surface area contributed by atoms with E-state index in [1.807, 2.05) is 0 Å². The molecule has 1 aromatic heterocycles. The molecule has 0 spiro atoms.